The van der Waals surface area contributed by atoms with Crippen molar-refractivity contribution in [2.24, 2.45) is 9.98 Å². The molecule has 0 fully saturated rings. The molecule has 2 aromatic rings. The Hall–Kier alpha value is -4.20. The van der Waals surface area contributed by atoms with Crippen LogP contribution in [0.5, 0.6) is 0 Å². The topological polar surface area (TPSA) is 109 Å². The first-order chi connectivity index (χ1) is 20.3. The van der Waals surface area contributed by atoms with E-state index in [1.807, 2.05) is 6.08 Å². The molecule has 226 valence electrons. The van der Waals surface area contributed by atoms with Crippen LogP contribution < -0.4 is 10.7 Å². The van der Waals surface area contributed by atoms with Crippen LogP contribution in [0.2, 0.25) is 0 Å². The monoisotopic (exact) mass is 582 g/mol. The number of ether oxygens (including phenoxy) is 2. The number of rotatable bonds is 5. The second-order valence-electron chi connectivity index (χ2n) is 12.1. The van der Waals surface area contributed by atoms with Gasteiger partial charge in [0.05, 0.1) is 43.3 Å². The summed E-state index contributed by atoms with van der Waals surface area (Å²) in [6.07, 6.45) is 6.94. The van der Waals surface area contributed by atoms with E-state index in [1.54, 1.807) is 0 Å². The van der Waals surface area contributed by atoms with Crippen molar-refractivity contribution in [2.45, 2.75) is 86.1 Å². The molecule has 0 aromatic carbocycles. The molecule has 5 heterocycles. The van der Waals surface area contributed by atoms with E-state index >= 15 is 0 Å². The summed E-state index contributed by atoms with van der Waals surface area (Å²) in [6.45, 7) is 16.7. The molecule has 2 N–H and O–H groups in total. The third kappa shape index (κ3) is 4.96. The molecule has 8 heteroatoms. The number of aromatic nitrogens is 2. The summed E-state index contributed by atoms with van der Waals surface area (Å²) in [7, 11) is 2.80. The molecule has 8 nitrogen and oxygen atoms in total. The summed E-state index contributed by atoms with van der Waals surface area (Å²) < 4.78 is 10.3. The third-order valence-electron chi connectivity index (χ3n) is 10.1. The molecular weight excluding hydrogens is 540 g/mol. The van der Waals surface area contributed by atoms with Gasteiger partial charge in [-0.05, 0) is 125 Å². The zero-order chi connectivity index (χ0) is 31.4. The van der Waals surface area contributed by atoms with E-state index in [1.165, 1.54) is 19.8 Å². The number of fused-ring (bicyclic) bond motifs is 6. The number of aliphatic imine (C=N–C) groups is 2. The van der Waals surface area contributed by atoms with Crippen molar-refractivity contribution >= 4 is 35.5 Å². The lowest BCUT2D eigenvalue weighted by molar-refractivity contribution is -0.141. The molecule has 0 radical (unpaired) electrons. The van der Waals surface area contributed by atoms with Gasteiger partial charge in [-0.15, -0.1) is 0 Å². The molecule has 5 rings (SSSR count). The van der Waals surface area contributed by atoms with Crippen LogP contribution in [0.1, 0.15) is 86.5 Å². The number of methoxy groups -OCH3 is 2. The molecule has 8 bridgehead atoms. The van der Waals surface area contributed by atoms with Gasteiger partial charge in [-0.3, -0.25) is 14.6 Å². The first-order valence-corrected chi connectivity index (χ1v) is 14.8. The predicted molar refractivity (Wildman–Crippen MR) is 171 cm³/mol. The van der Waals surface area contributed by atoms with Crippen LogP contribution in [-0.4, -0.2) is 53.1 Å². The number of esters is 2. The van der Waals surface area contributed by atoms with Crippen molar-refractivity contribution in [1.82, 2.24) is 9.97 Å². The van der Waals surface area contributed by atoms with Crippen LogP contribution in [0.4, 0.5) is 0 Å². The number of nitrogens with zero attached hydrogens (tertiary/aromatic N) is 2. The highest BCUT2D eigenvalue weighted by molar-refractivity contribution is 6.23. The van der Waals surface area contributed by atoms with Crippen molar-refractivity contribution in [3.05, 3.63) is 78.4 Å². The van der Waals surface area contributed by atoms with Crippen LogP contribution in [0.15, 0.2) is 44.1 Å². The van der Waals surface area contributed by atoms with Crippen LogP contribution in [-0.2, 0) is 19.1 Å². The van der Waals surface area contributed by atoms with Crippen LogP contribution in [0.3, 0.4) is 0 Å². The molecule has 2 atom stereocenters. The van der Waals surface area contributed by atoms with Gasteiger partial charge in [0.15, 0.2) is 0 Å². The zero-order valence-corrected chi connectivity index (χ0v) is 27.0. The van der Waals surface area contributed by atoms with E-state index in [2.05, 4.69) is 77.5 Å². The van der Waals surface area contributed by atoms with Gasteiger partial charge in [0.2, 0.25) is 0 Å². The standard InChI is InChI=1S/C35H42N4O4/c1-17-18(2)28-15-30-21(5)22(6)34(38-30)25(13-33(41)43-10)35(12-11-32(40)42-9)24(8)23(7)31(39-35)16-29-20(4)19(3)27(37-29)14-26(17)36-28/h14-16,25,36,38H,11-13H2,1-10H3/b26-14-,28-15-,29-16-/t25-,35-/m1/s1. The van der Waals surface area contributed by atoms with Gasteiger partial charge in [0.1, 0.15) is 0 Å². The number of nitrogens with one attached hydrogen (secondary N) is 2. The van der Waals surface area contributed by atoms with E-state index in [9.17, 15) is 9.59 Å². The van der Waals surface area contributed by atoms with Crippen molar-refractivity contribution in [3.63, 3.8) is 0 Å². The molecule has 3 aliphatic heterocycles. The average molecular weight is 583 g/mol. The maximum atomic E-state index is 13.1. The van der Waals surface area contributed by atoms with Gasteiger partial charge in [0, 0.05) is 34.4 Å². The van der Waals surface area contributed by atoms with Gasteiger partial charge in [-0.1, -0.05) is 0 Å². The number of hydrogen-bond donors (Lipinski definition) is 2. The van der Waals surface area contributed by atoms with Crippen molar-refractivity contribution in [1.29, 1.82) is 0 Å². The van der Waals surface area contributed by atoms with Crippen LogP contribution in [0.25, 0.3) is 12.2 Å². The minimum Gasteiger partial charge on any atom is -0.469 e. The molecule has 0 amide bonds. The quantitative estimate of drug-likeness (QED) is 0.484. The van der Waals surface area contributed by atoms with E-state index in [0.29, 0.717) is 6.42 Å². The predicted octanol–water partition coefficient (Wildman–Crippen LogP) is 5.00. The van der Waals surface area contributed by atoms with Gasteiger partial charge in [0.25, 0.3) is 0 Å². The number of hydrogen-bond acceptors (Lipinski definition) is 6. The van der Waals surface area contributed by atoms with E-state index in [4.69, 9.17) is 19.5 Å². The Kier molecular flexibility index (Phi) is 7.84. The molecule has 43 heavy (non-hydrogen) atoms. The molecule has 3 aliphatic rings. The SMILES string of the molecule is COC(=O)CC[C@]12N=C(/C=C3N=C(/C=c4\[nH]/c(c(C)c4C)=C\c4[nH]c(c(C)c4C)[C@H]1CC(=O)OC)C(C)=C\3C)C(C)=C2C. The highest BCUT2D eigenvalue weighted by atomic mass is 16.5. The first kappa shape index (κ1) is 30.3. The minimum atomic E-state index is -0.884. The van der Waals surface area contributed by atoms with Gasteiger partial charge < -0.3 is 19.4 Å². The summed E-state index contributed by atoms with van der Waals surface area (Å²) in [4.78, 5) is 43.4. The van der Waals surface area contributed by atoms with Gasteiger partial charge in [-0.2, -0.15) is 0 Å². The van der Waals surface area contributed by atoms with Crippen molar-refractivity contribution in [3.8, 4) is 0 Å². The molecule has 0 aliphatic carbocycles. The molecule has 2 aromatic heterocycles. The summed E-state index contributed by atoms with van der Waals surface area (Å²) >= 11 is 0. The number of aromatic amines is 2. The summed E-state index contributed by atoms with van der Waals surface area (Å²) in [5.41, 5.74) is 12.3. The van der Waals surface area contributed by atoms with E-state index in [0.717, 1.165) is 78.2 Å². The van der Waals surface area contributed by atoms with Gasteiger partial charge >= 0.3 is 11.9 Å². The highest BCUT2D eigenvalue weighted by Crippen LogP contribution is 2.49. The molecule has 0 spiro atoms. The van der Waals surface area contributed by atoms with Gasteiger partial charge in [-0.25, -0.2) is 4.99 Å². The average Bonchev–Trinajstić information content (AvgIpc) is 3.61. The van der Waals surface area contributed by atoms with Crippen molar-refractivity contribution in [2.75, 3.05) is 14.2 Å². The number of allylic oxidation sites excluding steroid dienone is 4. The lowest BCUT2D eigenvalue weighted by atomic mass is 9.71. The summed E-state index contributed by atoms with van der Waals surface area (Å²) in [5.74, 6) is -1.07. The number of carbonyl (C=O) groups is 2. The Bertz CT molecular complexity index is 1840. The number of H-pyrrole nitrogens is 2. The van der Waals surface area contributed by atoms with E-state index in [-0.39, 0.29) is 24.8 Å². The normalized spacial score (nSPS) is 24.0. The molecular formula is C35H42N4O4. The lowest BCUT2D eigenvalue weighted by Crippen LogP contribution is -2.37. The summed E-state index contributed by atoms with van der Waals surface area (Å²) in [5, 5.41) is 2.04. The Balaban J connectivity index is 1.89. The molecule has 0 saturated heterocycles. The Morgan fingerprint density at radius 2 is 1.42 bits per heavy atom. The smallest absolute Gasteiger partial charge is 0.306 e. The van der Waals surface area contributed by atoms with E-state index < -0.39 is 11.5 Å². The van der Waals surface area contributed by atoms with Crippen LogP contribution >= 0.6 is 0 Å². The minimum absolute atomic E-state index is 0.0932. The third-order valence-corrected chi connectivity index (χ3v) is 10.1. The highest BCUT2D eigenvalue weighted by Gasteiger charge is 2.48. The Morgan fingerprint density at radius 1 is 0.767 bits per heavy atom. The first-order valence-electron chi connectivity index (χ1n) is 14.8. The second-order valence-corrected chi connectivity index (χ2v) is 12.1. The zero-order valence-electron chi connectivity index (χ0n) is 27.0. The largest absolute Gasteiger partial charge is 0.469 e. The Morgan fingerprint density at radius 3 is 2.07 bits per heavy atom. The fourth-order valence-electron chi connectivity index (χ4n) is 6.58. The fourth-order valence-corrected chi connectivity index (χ4v) is 6.58. The lowest BCUT2D eigenvalue weighted by Gasteiger charge is -2.36. The van der Waals surface area contributed by atoms with Crippen LogP contribution in [0, 0.1) is 27.7 Å². The van der Waals surface area contributed by atoms with Crippen molar-refractivity contribution < 1.29 is 19.1 Å². The molecule has 0 unspecified atom stereocenters. The fraction of sp³-hybridized carbons (Fsp3) is 0.429. The second kappa shape index (κ2) is 11.1. The molecule has 0 saturated carbocycles. The maximum Gasteiger partial charge on any atom is 0.306 e. The maximum absolute atomic E-state index is 13.1. The summed E-state index contributed by atoms with van der Waals surface area (Å²) in [6, 6.07) is 0. The number of carbonyl (C=O) groups excluding carboxylic acids is 2. The Labute approximate surface area is 253 Å².